The number of fused-ring (bicyclic) bond motifs is 1. The highest BCUT2D eigenvalue weighted by Gasteiger charge is 2.59. The molecular weight excluding hydrogens is 216 g/mol. The molecule has 2 bridgehead atoms. The van der Waals surface area contributed by atoms with E-state index in [0.717, 1.165) is 19.4 Å². The van der Waals surface area contributed by atoms with Gasteiger partial charge in [0.15, 0.2) is 0 Å². The number of likely N-dealkylation sites (tertiary alicyclic amines) is 1. The van der Waals surface area contributed by atoms with Crippen LogP contribution in [0.3, 0.4) is 0 Å². The first-order valence-corrected chi connectivity index (χ1v) is 6.63. The summed E-state index contributed by atoms with van der Waals surface area (Å²) >= 11 is 0. The Kier molecular flexibility index (Phi) is 2.33. The van der Waals surface area contributed by atoms with Gasteiger partial charge in [-0.2, -0.15) is 0 Å². The van der Waals surface area contributed by atoms with Crippen LogP contribution in [0.1, 0.15) is 33.1 Å². The van der Waals surface area contributed by atoms with Gasteiger partial charge in [0.1, 0.15) is 0 Å². The van der Waals surface area contributed by atoms with E-state index in [0.29, 0.717) is 24.2 Å². The summed E-state index contributed by atoms with van der Waals surface area (Å²) in [4.78, 5) is 14.2. The minimum Gasteiger partial charge on any atom is -0.391 e. The molecule has 3 N–H and O–H groups in total. The molecular formula is C13H22N2O2. The van der Waals surface area contributed by atoms with Gasteiger partial charge in [-0.25, -0.2) is 0 Å². The molecule has 5 atom stereocenters. The summed E-state index contributed by atoms with van der Waals surface area (Å²) in [5, 5.41) is 10.2. The minimum absolute atomic E-state index is 0.0913. The van der Waals surface area contributed by atoms with E-state index in [4.69, 9.17) is 5.73 Å². The molecule has 4 heteroatoms. The molecule has 3 fully saturated rings. The lowest BCUT2D eigenvalue weighted by Crippen LogP contribution is -2.47. The normalized spacial score (nSPS) is 43.5. The number of carbonyl (C=O) groups is 1. The van der Waals surface area contributed by atoms with E-state index in [1.807, 2.05) is 18.7 Å². The lowest BCUT2D eigenvalue weighted by molar-refractivity contribution is -0.135. The maximum Gasteiger partial charge on any atom is 0.224 e. The molecule has 3 rings (SSSR count). The summed E-state index contributed by atoms with van der Waals surface area (Å²) in [6.07, 6.45) is 2.31. The van der Waals surface area contributed by atoms with Crippen molar-refractivity contribution in [1.82, 2.24) is 4.90 Å². The molecule has 17 heavy (non-hydrogen) atoms. The van der Waals surface area contributed by atoms with Crippen LogP contribution in [0.25, 0.3) is 0 Å². The summed E-state index contributed by atoms with van der Waals surface area (Å²) in [6.45, 7) is 4.60. The molecule has 5 unspecified atom stereocenters. The number of aliphatic hydroxyl groups is 1. The predicted octanol–water partition coefficient (Wildman–Crippen LogP) is 0.341. The van der Waals surface area contributed by atoms with Gasteiger partial charge < -0.3 is 15.7 Å². The summed E-state index contributed by atoms with van der Waals surface area (Å²) in [7, 11) is 0. The van der Waals surface area contributed by atoms with E-state index in [2.05, 4.69) is 0 Å². The van der Waals surface area contributed by atoms with Crippen molar-refractivity contribution >= 4 is 5.91 Å². The Bertz CT molecular complexity index is 348. The molecule has 0 aromatic heterocycles. The topological polar surface area (TPSA) is 66.6 Å². The van der Waals surface area contributed by atoms with Crippen molar-refractivity contribution in [2.24, 2.45) is 23.5 Å². The average molecular weight is 238 g/mol. The van der Waals surface area contributed by atoms with Crippen LogP contribution in [0.5, 0.6) is 0 Å². The zero-order chi connectivity index (χ0) is 12.4. The molecule has 1 aliphatic heterocycles. The van der Waals surface area contributed by atoms with Gasteiger partial charge in [-0.15, -0.1) is 0 Å². The third-order valence-corrected chi connectivity index (χ3v) is 4.78. The molecule has 0 radical (unpaired) electrons. The Hall–Kier alpha value is -0.610. The molecule has 2 aliphatic carbocycles. The smallest absolute Gasteiger partial charge is 0.224 e. The van der Waals surface area contributed by atoms with Gasteiger partial charge in [0, 0.05) is 18.5 Å². The van der Waals surface area contributed by atoms with Crippen molar-refractivity contribution in [3.05, 3.63) is 0 Å². The van der Waals surface area contributed by atoms with Crippen LogP contribution in [0, 0.1) is 17.8 Å². The number of carbonyl (C=O) groups excluding carboxylic acids is 1. The zero-order valence-electron chi connectivity index (χ0n) is 10.6. The fourth-order valence-corrected chi connectivity index (χ4v) is 4.19. The van der Waals surface area contributed by atoms with Crippen molar-refractivity contribution < 1.29 is 9.90 Å². The largest absolute Gasteiger partial charge is 0.391 e. The summed E-state index contributed by atoms with van der Waals surface area (Å²) in [6, 6.07) is 0.0913. The second-order valence-electron chi connectivity index (χ2n) is 6.85. The van der Waals surface area contributed by atoms with E-state index < -0.39 is 5.54 Å². The zero-order valence-corrected chi connectivity index (χ0v) is 10.6. The molecule has 2 saturated carbocycles. The number of rotatable bonds is 2. The van der Waals surface area contributed by atoms with Crippen molar-refractivity contribution in [3.63, 3.8) is 0 Å². The van der Waals surface area contributed by atoms with Gasteiger partial charge in [-0.05, 0) is 44.4 Å². The first-order valence-electron chi connectivity index (χ1n) is 6.63. The molecule has 1 amide bonds. The maximum absolute atomic E-state index is 12.2. The van der Waals surface area contributed by atoms with Gasteiger partial charge in [0.05, 0.1) is 12.1 Å². The highest BCUT2D eigenvalue weighted by Crippen LogP contribution is 2.55. The molecule has 1 heterocycles. The number of hydrogen-bond acceptors (Lipinski definition) is 3. The molecule has 0 aromatic carbocycles. The second-order valence-corrected chi connectivity index (χ2v) is 6.85. The minimum atomic E-state index is -0.457. The van der Waals surface area contributed by atoms with Crippen molar-refractivity contribution in [2.75, 3.05) is 6.54 Å². The lowest BCUT2D eigenvalue weighted by Gasteiger charge is -2.30. The first kappa shape index (κ1) is 11.5. The standard InChI is InChI=1S/C13H22N2O2/c1-13(2,14)5-10(16)15-6-8-3-7-4-9(8)11(15)12(7)17/h7-9,11-12,17H,3-6,14H2,1-2H3. The Balaban J connectivity index is 1.76. The average Bonchev–Trinajstić information content (AvgIpc) is 2.73. The Morgan fingerprint density at radius 3 is 2.71 bits per heavy atom. The number of aliphatic hydroxyl groups excluding tert-OH is 1. The van der Waals surface area contributed by atoms with E-state index in [1.54, 1.807) is 0 Å². The van der Waals surface area contributed by atoms with Crippen LogP contribution in [0.4, 0.5) is 0 Å². The monoisotopic (exact) mass is 238 g/mol. The van der Waals surface area contributed by atoms with Gasteiger partial charge >= 0.3 is 0 Å². The third-order valence-electron chi connectivity index (χ3n) is 4.78. The van der Waals surface area contributed by atoms with Gasteiger partial charge in [-0.3, -0.25) is 4.79 Å². The Morgan fingerprint density at radius 2 is 2.12 bits per heavy atom. The molecule has 96 valence electrons. The number of nitrogens with zero attached hydrogens (tertiary/aromatic N) is 1. The van der Waals surface area contributed by atoms with Crippen molar-refractivity contribution in [1.29, 1.82) is 0 Å². The molecule has 1 saturated heterocycles. The maximum atomic E-state index is 12.2. The summed E-state index contributed by atoms with van der Waals surface area (Å²) in [5.74, 6) is 1.76. The fourth-order valence-electron chi connectivity index (χ4n) is 4.19. The van der Waals surface area contributed by atoms with Gasteiger partial charge in [0.2, 0.25) is 5.91 Å². The van der Waals surface area contributed by atoms with Gasteiger partial charge in [-0.1, -0.05) is 0 Å². The SMILES string of the molecule is CC(C)(N)CC(=O)N1CC2CC3CC2C1C3O. The molecule has 3 aliphatic rings. The molecule has 0 spiro atoms. The van der Waals surface area contributed by atoms with Crippen LogP contribution < -0.4 is 5.73 Å². The first-order chi connectivity index (χ1) is 7.87. The lowest BCUT2D eigenvalue weighted by atomic mass is 9.88. The number of nitrogens with two attached hydrogens (primary N) is 1. The second kappa shape index (κ2) is 3.45. The third kappa shape index (κ3) is 1.69. The van der Waals surface area contributed by atoms with Crippen LogP contribution >= 0.6 is 0 Å². The Labute approximate surface area is 102 Å². The van der Waals surface area contributed by atoms with Crippen LogP contribution in [-0.2, 0) is 4.79 Å². The molecule has 4 nitrogen and oxygen atoms in total. The van der Waals surface area contributed by atoms with E-state index in [9.17, 15) is 9.90 Å². The Morgan fingerprint density at radius 1 is 1.41 bits per heavy atom. The number of amides is 1. The van der Waals surface area contributed by atoms with Crippen LogP contribution in [-0.4, -0.2) is 40.1 Å². The number of hydrogen-bond donors (Lipinski definition) is 2. The highest BCUT2D eigenvalue weighted by atomic mass is 16.3. The van der Waals surface area contributed by atoms with Crippen molar-refractivity contribution in [2.45, 2.75) is 50.8 Å². The summed E-state index contributed by atoms with van der Waals surface area (Å²) < 4.78 is 0. The quantitative estimate of drug-likeness (QED) is 0.729. The van der Waals surface area contributed by atoms with E-state index in [1.165, 1.54) is 0 Å². The van der Waals surface area contributed by atoms with E-state index in [-0.39, 0.29) is 18.1 Å². The van der Waals surface area contributed by atoms with E-state index >= 15 is 0 Å². The van der Waals surface area contributed by atoms with Crippen LogP contribution in [0.2, 0.25) is 0 Å². The highest BCUT2D eigenvalue weighted by molar-refractivity contribution is 5.78. The van der Waals surface area contributed by atoms with Crippen LogP contribution in [0.15, 0.2) is 0 Å². The van der Waals surface area contributed by atoms with Crippen molar-refractivity contribution in [3.8, 4) is 0 Å². The molecule has 0 aromatic rings. The van der Waals surface area contributed by atoms with Gasteiger partial charge in [0.25, 0.3) is 0 Å². The fraction of sp³-hybridized carbons (Fsp3) is 0.923. The summed E-state index contributed by atoms with van der Waals surface area (Å²) in [5.41, 5.74) is 5.45. The predicted molar refractivity (Wildman–Crippen MR) is 64.1 cm³/mol.